The van der Waals surface area contributed by atoms with E-state index in [-0.39, 0.29) is 29.3 Å². The number of anilines is 1. The molecular weight excluding hydrogens is 375 g/mol. The van der Waals surface area contributed by atoms with Crippen molar-refractivity contribution in [3.05, 3.63) is 27.1 Å². The number of alkyl halides is 2. The van der Waals surface area contributed by atoms with Crippen LogP contribution >= 0.6 is 39.1 Å². The monoisotopic (exact) mass is 385 g/mol. The van der Waals surface area contributed by atoms with E-state index < -0.39 is 5.92 Å². The molecule has 0 N–H and O–H groups in total. The molecule has 0 radical (unpaired) electrons. The molecule has 1 fully saturated rings. The maximum Gasteiger partial charge on any atom is 0.252 e. The molecule has 1 saturated carbocycles. The average Bonchev–Trinajstić information content (AvgIpc) is 2.27. The molecule has 0 amide bonds. The van der Waals surface area contributed by atoms with Gasteiger partial charge in [-0.3, -0.25) is 0 Å². The molecule has 8 heteroatoms. The normalized spacial score (nSPS) is 17.7. The molecule has 110 valence electrons. The molecule has 1 heterocycles. The average molecular weight is 387 g/mol. The second-order valence-corrected chi connectivity index (χ2v) is 6.41. The Labute approximate surface area is 134 Å². The van der Waals surface area contributed by atoms with Gasteiger partial charge in [0.25, 0.3) is 5.92 Å². The number of hydrogen-bond acceptors (Lipinski definition) is 3. The van der Waals surface area contributed by atoms with Gasteiger partial charge in [0, 0.05) is 25.4 Å². The zero-order chi connectivity index (χ0) is 15.1. The predicted octanol–water partition coefficient (Wildman–Crippen LogP) is 4.73. The summed E-state index contributed by atoms with van der Waals surface area (Å²) in [6.45, 7) is 6.05. The minimum Gasteiger partial charge on any atom is -0.348 e. The highest BCUT2D eigenvalue weighted by atomic mass is 79.9. The number of halogens is 5. The van der Waals surface area contributed by atoms with Crippen molar-refractivity contribution in [2.24, 2.45) is 0 Å². The third-order valence-corrected chi connectivity index (χ3v) is 4.39. The first kappa shape index (κ1) is 15.9. The van der Waals surface area contributed by atoms with Gasteiger partial charge in [0.15, 0.2) is 0 Å². The van der Waals surface area contributed by atoms with Gasteiger partial charge >= 0.3 is 0 Å². The van der Waals surface area contributed by atoms with E-state index >= 15 is 0 Å². The Kier molecular flexibility index (Phi) is 4.56. The molecule has 2 rings (SSSR count). The van der Waals surface area contributed by atoms with Crippen molar-refractivity contribution in [2.45, 2.75) is 31.7 Å². The van der Waals surface area contributed by atoms with Crippen LogP contribution in [0.3, 0.4) is 0 Å². The molecule has 0 saturated heterocycles. The Morgan fingerprint density at radius 2 is 2.05 bits per heavy atom. The van der Waals surface area contributed by atoms with Crippen LogP contribution in [0.5, 0.6) is 0 Å². The smallest absolute Gasteiger partial charge is 0.252 e. The van der Waals surface area contributed by atoms with E-state index in [1.807, 2.05) is 6.92 Å². The third-order valence-electron chi connectivity index (χ3n) is 2.99. The highest BCUT2D eigenvalue weighted by Crippen LogP contribution is 2.43. The Bertz CT molecular complexity index is 546. The van der Waals surface area contributed by atoms with Gasteiger partial charge in [-0.05, 0) is 34.5 Å². The molecule has 0 unspecified atom stereocenters. The summed E-state index contributed by atoms with van der Waals surface area (Å²) < 4.78 is 26.7. The van der Waals surface area contributed by atoms with Crippen LogP contribution in [0, 0.1) is 0 Å². The van der Waals surface area contributed by atoms with Gasteiger partial charge in [-0.2, -0.15) is 4.98 Å². The molecule has 0 bridgehead atoms. The van der Waals surface area contributed by atoms with Crippen molar-refractivity contribution < 1.29 is 8.78 Å². The molecule has 1 aliphatic carbocycles. The first-order chi connectivity index (χ1) is 9.19. The second-order valence-electron chi connectivity index (χ2n) is 4.92. The summed E-state index contributed by atoms with van der Waals surface area (Å²) in [6.07, 6.45) is -0.433. The number of rotatable bonds is 4. The van der Waals surface area contributed by atoms with Gasteiger partial charge in [-0.15, -0.1) is 0 Å². The standard InChI is InChI=1S/C12H12BrCl2F2N3/c1-6(2)5-20(7-3-12(16,17)4-7)10-8(13)9(14)18-11(15)19-10/h7H,1,3-5H2,2H3. The van der Waals surface area contributed by atoms with Crippen LogP contribution < -0.4 is 4.90 Å². The Morgan fingerprint density at radius 3 is 2.55 bits per heavy atom. The Balaban J connectivity index is 2.34. The van der Waals surface area contributed by atoms with Gasteiger partial charge in [0.1, 0.15) is 11.0 Å². The zero-order valence-corrected chi connectivity index (χ0v) is 13.7. The van der Waals surface area contributed by atoms with E-state index in [0.717, 1.165) is 5.57 Å². The first-order valence-corrected chi connectivity index (χ1v) is 7.42. The summed E-state index contributed by atoms with van der Waals surface area (Å²) in [5.74, 6) is -2.20. The van der Waals surface area contributed by atoms with Crippen molar-refractivity contribution in [1.82, 2.24) is 9.97 Å². The maximum atomic E-state index is 13.1. The fourth-order valence-corrected chi connectivity index (χ4v) is 2.87. The molecule has 1 aromatic heterocycles. The van der Waals surface area contributed by atoms with Gasteiger partial charge in [-0.25, -0.2) is 13.8 Å². The fourth-order valence-electron chi connectivity index (χ4n) is 2.09. The van der Waals surface area contributed by atoms with Gasteiger partial charge in [-0.1, -0.05) is 23.8 Å². The molecule has 1 aromatic rings. The van der Waals surface area contributed by atoms with Gasteiger partial charge in [0.2, 0.25) is 5.28 Å². The highest BCUT2D eigenvalue weighted by Gasteiger charge is 2.48. The first-order valence-electron chi connectivity index (χ1n) is 5.87. The minimum absolute atomic E-state index is 0.0222. The molecule has 3 nitrogen and oxygen atoms in total. The van der Waals surface area contributed by atoms with Crippen LogP contribution in [0.25, 0.3) is 0 Å². The van der Waals surface area contributed by atoms with E-state index in [2.05, 4.69) is 32.5 Å². The maximum absolute atomic E-state index is 13.1. The van der Waals surface area contributed by atoms with Crippen molar-refractivity contribution in [3.8, 4) is 0 Å². The quantitative estimate of drug-likeness (QED) is 0.425. The van der Waals surface area contributed by atoms with Crippen molar-refractivity contribution in [2.75, 3.05) is 11.4 Å². The van der Waals surface area contributed by atoms with E-state index in [4.69, 9.17) is 23.2 Å². The van der Waals surface area contributed by atoms with Crippen molar-refractivity contribution in [3.63, 3.8) is 0 Å². The summed E-state index contributed by atoms with van der Waals surface area (Å²) in [5, 5.41) is 0.129. The van der Waals surface area contributed by atoms with Gasteiger partial charge in [0.05, 0.1) is 4.47 Å². The SMILES string of the molecule is C=C(C)CN(c1nc(Cl)nc(Cl)c1Br)C1CC(F)(F)C1. The summed E-state index contributed by atoms with van der Waals surface area (Å²) in [4.78, 5) is 9.64. The van der Waals surface area contributed by atoms with Crippen LogP contribution in [-0.4, -0.2) is 28.5 Å². The second kappa shape index (κ2) is 5.73. The predicted molar refractivity (Wildman–Crippen MR) is 79.9 cm³/mol. The minimum atomic E-state index is -2.62. The van der Waals surface area contributed by atoms with Crippen LogP contribution in [-0.2, 0) is 0 Å². The molecular formula is C12H12BrCl2F2N3. The van der Waals surface area contributed by atoms with Crippen LogP contribution in [0.4, 0.5) is 14.6 Å². The summed E-state index contributed by atoms with van der Waals surface area (Å²) >= 11 is 15.0. The topological polar surface area (TPSA) is 29.0 Å². The lowest BCUT2D eigenvalue weighted by Crippen LogP contribution is -2.52. The van der Waals surface area contributed by atoms with E-state index in [1.54, 1.807) is 4.90 Å². The van der Waals surface area contributed by atoms with Crippen LogP contribution in [0.2, 0.25) is 10.4 Å². The third kappa shape index (κ3) is 3.40. The number of nitrogens with zero attached hydrogens (tertiary/aromatic N) is 3. The summed E-state index contributed by atoms with van der Waals surface area (Å²) in [7, 11) is 0. The lowest BCUT2D eigenvalue weighted by atomic mass is 9.86. The summed E-state index contributed by atoms with van der Waals surface area (Å²) in [6, 6.07) is -0.319. The van der Waals surface area contributed by atoms with Gasteiger partial charge < -0.3 is 4.90 Å². The van der Waals surface area contributed by atoms with Crippen LogP contribution in [0.15, 0.2) is 16.6 Å². The van der Waals surface area contributed by atoms with Crippen molar-refractivity contribution in [1.29, 1.82) is 0 Å². The lowest BCUT2D eigenvalue weighted by Gasteiger charge is -2.43. The molecule has 20 heavy (non-hydrogen) atoms. The summed E-state index contributed by atoms with van der Waals surface area (Å²) in [5.41, 5.74) is 0.831. The largest absolute Gasteiger partial charge is 0.348 e. The number of hydrogen-bond donors (Lipinski definition) is 0. The highest BCUT2D eigenvalue weighted by molar-refractivity contribution is 9.10. The Morgan fingerprint density at radius 1 is 1.45 bits per heavy atom. The number of aromatic nitrogens is 2. The molecule has 1 aliphatic rings. The van der Waals surface area contributed by atoms with E-state index in [1.165, 1.54) is 0 Å². The lowest BCUT2D eigenvalue weighted by molar-refractivity contribution is -0.0856. The van der Waals surface area contributed by atoms with Crippen molar-refractivity contribution >= 4 is 44.9 Å². The molecule has 0 spiro atoms. The van der Waals surface area contributed by atoms with Crippen LogP contribution in [0.1, 0.15) is 19.8 Å². The molecule has 0 atom stereocenters. The fraction of sp³-hybridized carbons (Fsp3) is 0.500. The van der Waals surface area contributed by atoms with E-state index in [0.29, 0.717) is 16.8 Å². The Hall–Kier alpha value is -0.460. The molecule has 0 aliphatic heterocycles. The molecule has 0 aromatic carbocycles. The zero-order valence-electron chi connectivity index (χ0n) is 10.6. The van der Waals surface area contributed by atoms with E-state index in [9.17, 15) is 8.78 Å².